The van der Waals surface area contributed by atoms with Crippen LogP contribution in [-0.2, 0) is 0 Å². The summed E-state index contributed by atoms with van der Waals surface area (Å²) < 4.78 is 7.27. The predicted octanol–water partition coefficient (Wildman–Crippen LogP) is 12.7. The molecule has 0 aliphatic carbocycles. The van der Waals surface area contributed by atoms with E-state index in [1.807, 2.05) is 17.4 Å². The first-order valence-corrected chi connectivity index (χ1v) is 18.6. The van der Waals surface area contributed by atoms with Crippen molar-refractivity contribution in [2.24, 2.45) is 0 Å². The third kappa shape index (κ3) is 4.40. The van der Waals surface area contributed by atoms with Crippen LogP contribution in [-0.4, -0.2) is 19.5 Å². The second-order valence-corrected chi connectivity index (χ2v) is 14.9. The normalized spacial score (nSPS) is 11.9. The summed E-state index contributed by atoms with van der Waals surface area (Å²) in [6, 6.07) is 55.9. The van der Waals surface area contributed by atoms with Crippen LogP contribution in [0.4, 0.5) is 0 Å². The van der Waals surface area contributed by atoms with E-state index in [9.17, 15) is 0 Å². The number of aromatic nitrogens is 4. The van der Waals surface area contributed by atoms with E-state index < -0.39 is 0 Å². The number of thiophene rings is 2. The number of rotatable bonds is 4. The molecular formula is C45H26N4S2. The molecule has 0 N–H and O–H groups in total. The van der Waals surface area contributed by atoms with E-state index in [0.717, 1.165) is 33.3 Å². The van der Waals surface area contributed by atoms with Crippen LogP contribution in [0.3, 0.4) is 0 Å². The maximum Gasteiger partial charge on any atom is 0.238 e. The van der Waals surface area contributed by atoms with Crippen LogP contribution in [0.25, 0.3) is 102 Å². The fourth-order valence-electron chi connectivity index (χ4n) is 7.59. The van der Waals surface area contributed by atoms with Crippen molar-refractivity contribution in [2.75, 3.05) is 0 Å². The predicted molar refractivity (Wildman–Crippen MR) is 216 cm³/mol. The quantitative estimate of drug-likeness (QED) is 0.185. The Labute approximate surface area is 300 Å². The number of hydrogen-bond acceptors (Lipinski definition) is 5. The van der Waals surface area contributed by atoms with Gasteiger partial charge in [0.05, 0.1) is 11.0 Å². The van der Waals surface area contributed by atoms with Crippen molar-refractivity contribution in [1.29, 1.82) is 0 Å². The fraction of sp³-hybridized carbons (Fsp3) is 0. The maximum absolute atomic E-state index is 5.36. The molecular weight excluding hydrogens is 661 g/mol. The highest BCUT2D eigenvalue weighted by Crippen LogP contribution is 2.44. The van der Waals surface area contributed by atoms with Crippen molar-refractivity contribution >= 4 is 84.8 Å². The van der Waals surface area contributed by atoms with Crippen LogP contribution in [0.5, 0.6) is 0 Å². The summed E-state index contributed by atoms with van der Waals surface area (Å²) in [6.07, 6.45) is 0. The SMILES string of the molecule is c1ccc(-c2cccc(-c3nc(-c4cccc5sc6ccccc6c45)nc(-n4c5ccccc5c5c6sc7ccccc7c6ccc54)n3)c2)cc1. The van der Waals surface area contributed by atoms with Crippen LogP contribution in [0.1, 0.15) is 0 Å². The van der Waals surface area contributed by atoms with Gasteiger partial charge in [0.1, 0.15) is 0 Å². The molecule has 11 aromatic rings. The molecule has 0 radical (unpaired) electrons. The topological polar surface area (TPSA) is 43.6 Å². The summed E-state index contributed by atoms with van der Waals surface area (Å²) >= 11 is 3.66. The van der Waals surface area contributed by atoms with Crippen LogP contribution < -0.4 is 0 Å². The largest absolute Gasteiger partial charge is 0.278 e. The summed E-state index contributed by atoms with van der Waals surface area (Å²) in [7, 11) is 0. The zero-order valence-electron chi connectivity index (χ0n) is 27.1. The van der Waals surface area contributed by atoms with Gasteiger partial charge in [0.25, 0.3) is 0 Å². The Kier molecular flexibility index (Phi) is 6.26. The monoisotopic (exact) mass is 686 g/mol. The Hall–Kier alpha value is -6.21. The molecule has 0 saturated heterocycles. The number of para-hydroxylation sites is 1. The Balaban J connectivity index is 1.23. The van der Waals surface area contributed by atoms with Crippen LogP contribution in [0.2, 0.25) is 0 Å². The van der Waals surface area contributed by atoms with E-state index in [1.54, 1.807) is 11.3 Å². The molecule has 0 aliphatic rings. The lowest BCUT2D eigenvalue weighted by atomic mass is 10.0. The van der Waals surface area contributed by atoms with Gasteiger partial charge in [0.2, 0.25) is 5.95 Å². The lowest BCUT2D eigenvalue weighted by Crippen LogP contribution is -2.06. The third-order valence-electron chi connectivity index (χ3n) is 9.88. The minimum Gasteiger partial charge on any atom is -0.278 e. The molecule has 6 heteroatoms. The van der Waals surface area contributed by atoms with E-state index in [4.69, 9.17) is 15.0 Å². The van der Waals surface area contributed by atoms with Crippen molar-refractivity contribution in [3.05, 3.63) is 158 Å². The molecule has 238 valence electrons. The zero-order chi connectivity index (χ0) is 33.5. The van der Waals surface area contributed by atoms with Crippen molar-refractivity contribution in [3.8, 4) is 39.9 Å². The first-order chi connectivity index (χ1) is 25.3. The van der Waals surface area contributed by atoms with Gasteiger partial charge in [0.15, 0.2) is 11.6 Å². The average molecular weight is 687 g/mol. The number of benzene rings is 7. The molecule has 4 heterocycles. The van der Waals surface area contributed by atoms with E-state index in [0.29, 0.717) is 17.6 Å². The van der Waals surface area contributed by atoms with Gasteiger partial charge in [-0.1, -0.05) is 121 Å². The molecule has 4 aromatic heterocycles. The Morgan fingerprint density at radius 3 is 1.94 bits per heavy atom. The lowest BCUT2D eigenvalue weighted by Gasteiger charge is -2.12. The molecule has 0 saturated carbocycles. The molecule has 7 aromatic carbocycles. The van der Waals surface area contributed by atoms with Gasteiger partial charge < -0.3 is 0 Å². The van der Waals surface area contributed by atoms with Gasteiger partial charge in [0, 0.05) is 62.2 Å². The lowest BCUT2D eigenvalue weighted by molar-refractivity contribution is 0.954. The minimum atomic E-state index is 0.600. The maximum atomic E-state index is 5.36. The van der Waals surface area contributed by atoms with Crippen molar-refractivity contribution < 1.29 is 0 Å². The Bertz CT molecular complexity index is 3150. The standard InChI is InChI=1S/C45H26N4S2/c1-2-12-27(13-3-1)28-14-10-15-29(26-28)43-46-44(34-19-11-23-39-40(34)33-18-6-9-22-38(33)50-39)48-45(47-43)49-35-20-7-4-17-32(35)41-36(49)25-24-31-30-16-5-8-21-37(30)51-42(31)41/h1-26H. The number of fused-ring (bicyclic) bond motifs is 10. The van der Waals surface area contributed by atoms with Gasteiger partial charge >= 0.3 is 0 Å². The molecule has 51 heavy (non-hydrogen) atoms. The first kappa shape index (κ1) is 28.6. The molecule has 11 rings (SSSR count). The number of nitrogens with zero attached hydrogens (tertiary/aromatic N) is 4. The van der Waals surface area contributed by atoms with Crippen LogP contribution >= 0.6 is 22.7 Å². The zero-order valence-corrected chi connectivity index (χ0v) is 28.7. The molecule has 0 bridgehead atoms. The Morgan fingerprint density at radius 1 is 0.392 bits per heavy atom. The Morgan fingerprint density at radius 2 is 1.06 bits per heavy atom. The molecule has 4 nitrogen and oxygen atoms in total. The highest BCUT2D eigenvalue weighted by atomic mass is 32.1. The smallest absolute Gasteiger partial charge is 0.238 e. The van der Waals surface area contributed by atoms with Crippen molar-refractivity contribution in [3.63, 3.8) is 0 Å². The van der Waals surface area contributed by atoms with E-state index in [-0.39, 0.29) is 0 Å². The molecule has 0 atom stereocenters. The van der Waals surface area contributed by atoms with E-state index >= 15 is 0 Å². The summed E-state index contributed by atoms with van der Waals surface area (Å²) in [5, 5.41) is 7.36. The van der Waals surface area contributed by atoms with Crippen molar-refractivity contribution in [1.82, 2.24) is 19.5 Å². The first-order valence-electron chi connectivity index (χ1n) is 16.9. The second kappa shape index (κ2) is 11.2. The third-order valence-corrected chi connectivity index (χ3v) is 12.2. The van der Waals surface area contributed by atoms with Gasteiger partial charge in [-0.2, -0.15) is 9.97 Å². The second-order valence-electron chi connectivity index (χ2n) is 12.8. The summed E-state index contributed by atoms with van der Waals surface area (Å²) in [6.45, 7) is 0. The summed E-state index contributed by atoms with van der Waals surface area (Å²) in [5.41, 5.74) is 6.36. The van der Waals surface area contributed by atoms with Gasteiger partial charge in [-0.3, -0.25) is 4.57 Å². The molecule has 0 aliphatic heterocycles. The molecule has 0 spiro atoms. The summed E-state index contributed by atoms with van der Waals surface area (Å²) in [4.78, 5) is 15.9. The molecule has 0 unspecified atom stereocenters. The van der Waals surface area contributed by atoms with E-state index in [1.165, 1.54) is 51.1 Å². The molecule has 0 fully saturated rings. The van der Waals surface area contributed by atoms with Crippen LogP contribution in [0.15, 0.2) is 158 Å². The minimum absolute atomic E-state index is 0.600. The fourth-order valence-corrected chi connectivity index (χ4v) is 9.99. The highest BCUT2D eigenvalue weighted by Gasteiger charge is 2.22. The molecule has 0 amide bonds. The van der Waals surface area contributed by atoms with Crippen LogP contribution in [0, 0.1) is 0 Å². The van der Waals surface area contributed by atoms with E-state index in [2.05, 4.69) is 156 Å². The highest BCUT2D eigenvalue weighted by molar-refractivity contribution is 7.27. The average Bonchev–Trinajstić information content (AvgIpc) is 3.87. The number of hydrogen-bond donors (Lipinski definition) is 0. The van der Waals surface area contributed by atoms with Gasteiger partial charge in [-0.25, -0.2) is 4.98 Å². The van der Waals surface area contributed by atoms with Gasteiger partial charge in [-0.05, 0) is 47.5 Å². The summed E-state index contributed by atoms with van der Waals surface area (Å²) in [5.74, 6) is 1.89. The van der Waals surface area contributed by atoms with Crippen molar-refractivity contribution in [2.45, 2.75) is 0 Å². The van der Waals surface area contributed by atoms with Gasteiger partial charge in [-0.15, -0.1) is 22.7 Å².